The fraction of sp³-hybridized carbons (Fsp3) is 0.167. The highest BCUT2D eigenvalue weighted by molar-refractivity contribution is 6.30. The Kier molecular flexibility index (Phi) is 5.20. The Bertz CT molecular complexity index is 481. The number of rotatable bonds is 5. The summed E-state index contributed by atoms with van der Waals surface area (Å²) < 4.78 is 9.63. The van der Waals surface area contributed by atoms with Crippen molar-refractivity contribution in [3.8, 4) is 5.75 Å². The number of halogens is 1. The lowest BCUT2D eigenvalue weighted by atomic mass is 10.2. The summed E-state index contributed by atoms with van der Waals surface area (Å²) >= 11 is 5.79. The number of hydrogen-bond acceptors (Lipinski definition) is 4. The third kappa shape index (κ3) is 4.47. The van der Waals surface area contributed by atoms with E-state index in [0.717, 1.165) is 6.08 Å². The molecule has 0 aromatic heterocycles. The van der Waals surface area contributed by atoms with Gasteiger partial charge < -0.3 is 14.6 Å². The fourth-order valence-electron chi connectivity index (χ4n) is 1.14. The molecule has 0 heterocycles. The van der Waals surface area contributed by atoms with E-state index >= 15 is 0 Å². The van der Waals surface area contributed by atoms with Gasteiger partial charge in [0.2, 0.25) is 0 Å². The van der Waals surface area contributed by atoms with E-state index in [0.29, 0.717) is 16.3 Å². The first-order chi connectivity index (χ1) is 8.52. The Labute approximate surface area is 109 Å². The predicted molar refractivity (Wildman–Crippen MR) is 65.6 cm³/mol. The van der Waals surface area contributed by atoms with E-state index < -0.39 is 11.9 Å². The van der Waals surface area contributed by atoms with Gasteiger partial charge in [-0.25, -0.2) is 9.59 Å². The van der Waals surface area contributed by atoms with Gasteiger partial charge in [-0.2, -0.15) is 0 Å². The van der Waals surface area contributed by atoms with Gasteiger partial charge in [0.15, 0.2) is 6.61 Å². The molecule has 18 heavy (non-hydrogen) atoms. The number of carbonyl (C=O) groups excluding carboxylic acids is 1. The van der Waals surface area contributed by atoms with E-state index in [1.807, 2.05) is 0 Å². The van der Waals surface area contributed by atoms with Crippen molar-refractivity contribution in [1.82, 2.24) is 0 Å². The lowest BCUT2D eigenvalue weighted by Crippen LogP contribution is -2.13. The maximum Gasteiger partial charge on any atom is 0.343 e. The molecule has 0 atom stereocenters. The fourth-order valence-corrected chi connectivity index (χ4v) is 1.32. The second kappa shape index (κ2) is 6.66. The average molecular weight is 271 g/mol. The molecule has 96 valence electrons. The number of ether oxygens (including phenoxy) is 2. The summed E-state index contributed by atoms with van der Waals surface area (Å²) in [7, 11) is 1.25. The summed E-state index contributed by atoms with van der Waals surface area (Å²) in [5, 5.41) is 8.99. The van der Waals surface area contributed by atoms with Gasteiger partial charge in [0.1, 0.15) is 5.75 Å². The molecule has 1 aromatic carbocycles. The van der Waals surface area contributed by atoms with Crippen LogP contribution in [-0.4, -0.2) is 30.8 Å². The Morgan fingerprint density at radius 2 is 2.17 bits per heavy atom. The molecule has 0 spiro atoms. The van der Waals surface area contributed by atoms with Crippen LogP contribution in [0, 0.1) is 0 Å². The predicted octanol–water partition coefficient (Wildman–Crippen LogP) is 1.99. The standard InChI is InChI=1S/C12H11ClO5/c1-17-12(16)7-18-10-4-3-9(13)6-8(10)2-5-11(14)15/h2-6H,7H2,1H3,(H,14,15). The molecule has 6 heteroatoms. The van der Waals surface area contributed by atoms with E-state index in [4.69, 9.17) is 21.4 Å². The van der Waals surface area contributed by atoms with E-state index in [1.54, 1.807) is 12.1 Å². The number of methoxy groups -OCH3 is 1. The molecule has 0 fully saturated rings. The molecule has 0 unspecified atom stereocenters. The van der Waals surface area contributed by atoms with Crippen LogP contribution in [0.25, 0.3) is 6.08 Å². The minimum atomic E-state index is -1.09. The minimum absolute atomic E-state index is 0.258. The van der Waals surface area contributed by atoms with Crippen molar-refractivity contribution in [2.75, 3.05) is 13.7 Å². The maximum atomic E-state index is 10.9. The first-order valence-corrected chi connectivity index (χ1v) is 5.31. The normalized spacial score (nSPS) is 10.3. The van der Waals surface area contributed by atoms with Gasteiger partial charge in [-0.3, -0.25) is 0 Å². The number of carboxylic acids is 1. The Hall–Kier alpha value is -2.01. The zero-order chi connectivity index (χ0) is 13.5. The summed E-state index contributed by atoms with van der Waals surface area (Å²) in [6.45, 7) is -0.258. The molecule has 0 radical (unpaired) electrons. The van der Waals surface area contributed by atoms with Crippen molar-refractivity contribution in [3.63, 3.8) is 0 Å². The van der Waals surface area contributed by atoms with Crippen molar-refractivity contribution in [3.05, 3.63) is 34.9 Å². The number of carboxylic acid groups (broad SMARTS) is 1. The molecule has 0 bridgehead atoms. The molecule has 1 N–H and O–H groups in total. The third-order valence-electron chi connectivity index (χ3n) is 1.95. The molecule has 0 aliphatic rings. The largest absolute Gasteiger partial charge is 0.481 e. The number of hydrogen-bond donors (Lipinski definition) is 1. The molecule has 1 aromatic rings. The SMILES string of the molecule is COC(=O)COc1ccc(Cl)cc1C=CC(=O)O. The molecule has 0 saturated carbocycles. The summed E-state index contributed by atoms with van der Waals surface area (Å²) in [5.74, 6) is -1.27. The maximum absolute atomic E-state index is 10.9. The van der Waals surface area contributed by atoms with E-state index in [2.05, 4.69) is 4.74 Å². The zero-order valence-corrected chi connectivity index (χ0v) is 10.3. The first-order valence-electron chi connectivity index (χ1n) is 4.93. The van der Waals surface area contributed by atoms with Gasteiger partial charge in [0, 0.05) is 16.7 Å². The minimum Gasteiger partial charge on any atom is -0.481 e. The van der Waals surface area contributed by atoms with Gasteiger partial charge >= 0.3 is 11.9 Å². The highest BCUT2D eigenvalue weighted by Crippen LogP contribution is 2.24. The van der Waals surface area contributed by atoms with Gasteiger partial charge in [-0.1, -0.05) is 11.6 Å². The topological polar surface area (TPSA) is 72.8 Å². The summed E-state index contributed by atoms with van der Waals surface area (Å²) in [5.41, 5.74) is 0.466. The number of esters is 1. The summed E-state index contributed by atoms with van der Waals surface area (Å²) in [6, 6.07) is 4.66. The highest BCUT2D eigenvalue weighted by Gasteiger charge is 2.06. The lowest BCUT2D eigenvalue weighted by molar-refractivity contribution is -0.143. The second-order valence-electron chi connectivity index (χ2n) is 3.22. The van der Waals surface area contributed by atoms with Gasteiger partial charge in [-0.15, -0.1) is 0 Å². The molecule has 5 nitrogen and oxygen atoms in total. The van der Waals surface area contributed by atoms with Crippen LogP contribution in [0.1, 0.15) is 5.56 Å². The Morgan fingerprint density at radius 1 is 1.44 bits per heavy atom. The number of carbonyl (C=O) groups is 2. The van der Waals surface area contributed by atoms with Crippen molar-refractivity contribution >= 4 is 29.6 Å². The van der Waals surface area contributed by atoms with Crippen LogP contribution in [0.2, 0.25) is 5.02 Å². The molecular weight excluding hydrogens is 260 g/mol. The van der Waals surface area contributed by atoms with Gasteiger partial charge in [-0.05, 0) is 24.3 Å². The first kappa shape index (κ1) is 14.1. The molecular formula is C12H11ClO5. The quantitative estimate of drug-likeness (QED) is 0.654. The van der Waals surface area contributed by atoms with Gasteiger partial charge in [0.25, 0.3) is 0 Å². The van der Waals surface area contributed by atoms with E-state index in [-0.39, 0.29) is 6.61 Å². The summed E-state index contributed by atoms with van der Waals surface area (Å²) in [4.78, 5) is 21.4. The van der Waals surface area contributed by atoms with Crippen molar-refractivity contribution in [2.24, 2.45) is 0 Å². The van der Waals surface area contributed by atoms with Crippen molar-refractivity contribution in [2.45, 2.75) is 0 Å². The van der Waals surface area contributed by atoms with Crippen molar-refractivity contribution < 1.29 is 24.2 Å². The zero-order valence-electron chi connectivity index (χ0n) is 9.55. The lowest BCUT2D eigenvalue weighted by Gasteiger charge is -2.08. The van der Waals surface area contributed by atoms with Crippen LogP contribution < -0.4 is 4.74 Å². The average Bonchev–Trinajstić information content (AvgIpc) is 2.34. The number of aliphatic carboxylic acids is 1. The highest BCUT2D eigenvalue weighted by atomic mass is 35.5. The van der Waals surface area contributed by atoms with E-state index in [9.17, 15) is 9.59 Å². The van der Waals surface area contributed by atoms with Crippen molar-refractivity contribution in [1.29, 1.82) is 0 Å². The Morgan fingerprint density at radius 3 is 2.78 bits per heavy atom. The van der Waals surface area contributed by atoms with Crippen LogP contribution in [0.15, 0.2) is 24.3 Å². The third-order valence-corrected chi connectivity index (χ3v) is 2.19. The second-order valence-corrected chi connectivity index (χ2v) is 3.65. The molecule has 0 saturated heterocycles. The number of benzene rings is 1. The molecule has 0 amide bonds. The van der Waals surface area contributed by atoms with Crippen LogP contribution in [0.5, 0.6) is 5.75 Å². The van der Waals surface area contributed by atoms with Crippen LogP contribution in [0.4, 0.5) is 0 Å². The summed E-state index contributed by atoms with van der Waals surface area (Å²) in [6.07, 6.45) is 2.29. The molecule has 0 aliphatic carbocycles. The van der Waals surface area contributed by atoms with Gasteiger partial charge in [0.05, 0.1) is 7.11 Å². The van der Waals surface area contributed by atoms with Crippen LogP contribution in [0.3, 0.4) is 0 Å². The smallest absolute Gasteiger partial charge is 0.343 e. The van der Waals surface area contributed by atoms with E-state index in [1.165, 1.54) is 19.3 Å². The Balaban J connectivity index is 2.89. The van der Waals surface area contributed by atoms with Crippen LogP contribution in [-0.2, 0) is 14.3 Å². The van der Waals surface area contributed by atoms with Crippen LogP contribution >= 0.6 is 11.6 Å². The molecule has 0 aliphatic heterocycles. The molecule has 1 rings (SSSR count). The monoisotopic (exact) mass is 270 g/mol.